The van der Waals surface area contributed by atoms with Crippen LogP contribution in [-0.4, -0.2) is 52.4 Å². The molecule has 0 unspecified atom stereocenters. The number of nitrogens with zero attached hydrogens (tertiary/aromatic N) is 2. The third-order valence-corrected chi connectivity index (χ3v) is 5.51. The van der Waals surface area contributed by atoms with Gasteiger partial charge in [0.1, 0.15) is 11.8 Å². The lowest BCUT2D eigenvalue weighted by molar-refractivity contribution is -0.132. The predicted molar refractivity (Wildman–Crippen MR) is 125 cm³/mol. The maximum absolute atomic E-state index is 12.8. The fourth-order valence-electron chi connectivity index (χ4n) is 3.40. The molecule has 3 amide bonds. The van der Waals surface area contributed by atoms with Crippen LogP contribution in [0.15, 0.2) is 54.6 Å². The Morgan fingerprint density at radius 2 is 1.75 bits per heavy atom. The van der Waals surface area contributed by atoms with Gasteiger partial charge in [-0.1, -0.05) is 30.3 Å². The van der Waals surface area contributed by atoms with Crippen LogP contribution >= 0.6 is 12.2 Å². The summed E-state index contributed by atoms with van der Waals surface area (Å²) in [6, 6.07) is 15.6. The number of anilines is 1. The summed E-state index contributed by atoms with van der Waals surface area (Å²) in [7, 11) is 1.56. The summed E-state index contributed by atoms with van der Waals surface area (Å²) >= 11 is 5.39. The molecule has 2 aromatic rings. The number of amides is 3. The molecule has 8 nitrogen and oxygen atoms in total. The topological polar surface area (TPSA) is 91.0 Å². The number of hydrogen-bond acceptors (Lipinski definition) is 5. The van der Waals surface area contributed by atoms with E-state index in [4.69, 9.17) is 17.0 Å². The number of ether oxygens (including phenoxy) is 1. The van der Waals surface area contributed by atoms with Crippen molar-refractivity contribution < 1.29 is 19.1 Å². The number of hydrogen-bond donors (Lipinski definition) is 2. The number of likely N-dealkylation sites (N-methyl/N-ethyl adjacent to an activating group) is 1. The largest absolute Gasteiger partial charge is 0.497 e. The fraction of sp³-hybridized carbons (Fsp3) is 0.304. The van der Waals surface area contributed by atoms with Gasteiger partial charge in [-0.25, -0.2) is 5.01 Å². The van der Waals surface area contributed by atoms with E-state index >= 15 is 0 Å². The Labute approximate surface area is 192 Å². The first-order valence-electron chi connectivity index (χ1n) is 10.3. The van der Waals surface area contributed by atoms with Crippen LogP contribution in [0.5, 0.6) is 5.75 Å². The lowest BCUT2D eigenvalue weighted by Crippen LogP contribution is -2.49. The summed E-state index contributed by atoms with van der Waals surface area (Å²) in [6.45, 7) is 2.14. The second-order valence-corrected chi connectivity index (χ2v) is 7.62. The Bertz CT molecular complexity index is 981. The number of nitrogens with one attached hydrogen (secondary N) is 2. The van der Waals surface area contributed by atoms with Gasteiger partial charge in [0.15, 0.2) is 5.11 Å². The lowest BCUT2D eigenvalue weighted by Gasteiger charge is -2.24. The van der Waals surface area contributed by atoms with E-state index in [1.807, 2.05) is 30.3 Å². The molecule has 0 radical (unpaired) electrons. The van der Waals surface area contributed by atoms with Crippen LogP contribution in [0.4, 0.5) is 5.69 Å². The van der Waals surface area contributed by atoms with Crippen molar-refractivity contribution in [2.75, 3.05) is 19.0 Å². The van der Waals surface area contributed by atoms with Crippen LogP contribution in [0.3, 0.4) is 0 Å². The lowest BCUT2D eigenvalue weighted by atomic mass is 10.1. The summed E-state index contributed by atoms with van der Waals surface area (Å²) in [5, 5.41) is 4.28. The maximum Gasteiger partial charge on any atom is 0.254 e. The first-order chi connectivity index (χ1) is 15.4. The number of carbonyl (C=O) groups excluding carboxylic acids is 3. The summed E-state index contributed by atoms with van der Waals surface area (Å²) in [5.74, 6) is -0.284. The monoisotopic (exact) mass is 454 g/mol. The Morgan fingerprint density at radius 1 is 1.06 bits per heavy atom. The molecule has 1 fully saturated rings. The molecular formula is C23H26N4O4S. The van der Waals surface area contributed by atoms with Crippen LogP contribution in [-0.2, 0) is 20.8 Å². The molecule has 3 rings (SSSR count). The van der Waals surface area contributed by atoms with E-state index in [0.29, 0.717) is 24.4 Å². The van der Waals surface area contributed by atoms with Crippen molar-refractivity contribution in [2.45, 2.75) is 32.2 Å². The molecule has 1 saturated heterocycles. The SMILES string of the molecule is CCN1C(=O)[C@@H](CC(=O)Nc2ccc(OC)cc2)N(NC(=O)CCc2ccccc2)C1=S. The zero-order chi connectivity index (χ0) is 23.1. The number of aryl methyl sites for hydroxylation is 1. The average molecular weight is 455 g/mol. The molecule has 9 heteroatoms. The van der Waals surface area contributed by atoms with Crippen LogP contribution < -0.4 is 15.5 Å². The minimum Gasteiger partial charge on any atom is -0.497 e. The van der Waals surface area contributed by atoms with Gasteiger partial charge < -0.3 is 10.1 Å². The molecule has 0 aromatic heterocycles. The van der Waals surface area contributed by atoms with E-state index in [0.717, 1.165) is 5.56 Å². The van der Waals surface area contributed by atoms with Crippen molar-refractivity contribution >= 4 is 40.7 Å². The van der Waals surface area contributed by atoms with E-state index in [1.54, 1.807) is 38.3 Å². The van der Waals surface area contributed by atoms with Crippen molar-refractivity contribution in [2.24, 2.45) is 0 Å². The van der Waals surface area contributed by atoms with Gasteiger partial charge in [0.2, 0.25) is 11.8 Å². The number of carbonyl (C=O) groups is 3. The average Bonchev–Trinajstić information content (AvgIpc) is 3.02. The number of thiocarbonyl (C=S) groups is 1. The van der Waals surface area contributed by atoms with E-state index in [1.165, 1.54) is 9.91 Å². The third-order valence-electron chi connectivity index (χ3n) is 5.10. The molecule has 32 heavy (non-hydrogen) atoms. The van der Waals surface area contributed by atoms with E-state index in [9.17, 15) is 14.4 Å². The summed E-state index contributed by atoms with van der Waals surface area (Å²) < 4.78 is 5.11. The van der Waals surface area contributed by atoms with Gasteiger partial charge in [-0.05, 0) is 55.4 Å². The molecule has 0 saturated carbocycles. The smallest absolute Gasteiger partial charge is 0.254 e. The van der Waals surface area contributed by atoms with Gasteiger partial charge in [0.05, 0.1) is 13.5 Å². The predicted octanol–water partition coefficient (Wildman–Crippen LogP) is 2.51. The highest BCUT2D eigenvalue weighted by Crippen LogP contribution is 2.21. The first kappa shape index (κ1) is 23.2. The van der Waals surface area contributed by atoms with Gasteiger partial charge in [-0.2, -0.15) is 0 Å². The number of rotatable bonds is 9. The highest BCUT2D eigenvalue weighted by molar-refractivity contribution is 7.80. The van der Waals surface area contributed by atoms with Crippen molar-refractivity contribution in [3.63, 3.8) is 0 Å². The summed E-state index contributed by atoms with van der Waals surface area (Å²) in [6.07, 6.45) is 0.635. The Balaban J connectivity index is 1.64. The summed E-state index contributed by atoms with van der Waals surface area (Å²) in [5.41, 5.74) is 4.34. The second-order valence-electron chi connectivity index (χ2n) is 7.25. The molecule has 0 aliphatic carbocycles. The summed E-state index contributed by atoms with van der Waals surface area (Å²) in [4.78, 5) is 39.4. The minimum atomic E-state index is -0.902. The van der Waals surface area contributed by atoms with E-state index in [-0.39, 0.29) is 35.7 Å². The molecule has 0 spiro atoms. The number of benzene rings is 2. The molecule has 1 aliphatic rings. The third kappa shape index (κ3) is 5.61. The number of hydrazine groups is 1. The highest BCUT2D eigenvalue weighted by Gasteiger charge is 2.43. The maximum atomic E-state index is 12.8. The van der Waals surface area contributed by atoms with Crippen LogP contribution in [0.1, 0.15) is 25.3 Å². The Morgan fingerprint density at radius 3 is 2.38 bits per heavy atom. The molecule has 2 aromatic carbocycles. The zero-order valence-electron chi connectivity index (χ0n) is 18.0. The van der Waals surface area contributed by atoms with Gasteiger partial charge in [-0.15, -0.1) is 0 Å². The number of methoxy groups -OCH3 is 1. The molecular weight excluding hydrogens is 428 g/mol. The van der Waals surface area contributed by atoms with Crippen LogP contribution in [0, 0.1) is 0 Å². The second kappa shape index (κ2) is 10.7. The van der Waals surface area contributed by atoms with Crippen molar-refractivity contribution in [3.8, 4) is 5.75 Å². The van der Waals surface area contributed by atoms with Crippen molar-refractivity contribution in [1.29, 1.82) is 0 Å². The van der Waals surface area contributed by atoms with Crippen molar-refractivity contribution in [1.82, 2.24) is 15.3 Å². The zero-order valence-corrected chi connectivity index (χ0v) is 18.9. The standard InChI is InChI=1S/C23H26N4O4S/c1-3-26-22(30)19(15-21(29)24-17-10-12-18(31-2)13-11-17)27(23(26)32)25-20(28)14-9-16-7-5-4-6-8-16/h4-8,10-13,19H,3,9,14-15H2,1-2H3,(H,24,29)(H,25,28)/t19-/m1/s1. The quantitative estimate of drug-likeness (QED) is 0.566. The van der Waals surface area contributed by atoms with Crippen LogP contribution in [0.25, 0.3) is 0 Å². The van der Waals surface area contributed by atoms with Gasteiger partial charge in [-0.3, -0.25) is 24.7 Å². The van der Waals surface area contributed by atoms with E-state index in [2.05, 4.69) is 10.7 Å². The normalized spacial score (nSPS) is 15.6. The molecule has 168 valence electrons. The fourth-order valence-corrected chi connectivity index (χ4v) is 3.79. The minimum absolute atomic E-state index is 0.152. The molecule has 0 bridgehead atoms. The van der Waals surface area contributed by atoms with Gasteiger partial charge >= 0.3 is 0 Å². The molecule has 2 N–H and O–H groups in total. The van der Waals surface area contributed by atoms with Gasteiger partial charge in [0.25, 0.3) is 5.91 Å². The first-order valence-corrected chi connectivity index (χ1v) is 10.8. The Hall–Kier alpha value is -3.46. The highest BCUT2D eigenvalue weighted by atomic mass is 32.1. The molecule has 1 atom stereocenters. The van der Waals surface area contributed by atoms with E-state index < -0.39 is 6.04 Å². The van der Waals surface area contributed by atoms with Crippen LogP contribution in [0.2, 0.25) is 0 Å². The molecule has 1 heterocycles. The molecule has 1 aliphatic heterocycles. The van der Waals surface area contributed by atoms with Crippen molar-refractivity contribution in [3.05, 3.63) is 60.2 Å². The Kier molecular flexibility index (Phi) is 7.77. The van der Waals surface area contributed by atoms with Gasteiger partial charge in [0, 0.05) is 18.7 Å².